The summed E-state index contributed by atoms with van der Waals surface area (Å²) < 4.78 is 13.6. The molecule has 1 aromatic heterocycles. The smallest absolute Gasteiger partial charge is 0.312 e. The standard InChI is InChI=1S/C23H22BrCl2N5O5/c1-4-35-20-8-15(7-18(24)23(20)36-12-16-5-6-17(25)9-19(16)26)10-27-28-21(32)11-30-14(3)22(31(33)34)13(2)29-30/h5-10H,4,11-12H2,1-3H3,(H,28,32)/b27-10+. The molecule has 0 aliphatic rings. The molecule has 3 aromatic rings. The lowest BCUT2D eigenvalue weighted by molar-refractivity contribution is -0.386. The Hall–Kier alpha value is -3.15. The number of nitrogens with one attached hydrogen (secondary N) is 1. The van der Waals surface area contributed by atoms with Crippen molar-refractivity contribution in [2.75, 3.05) is 6.61 Å². The number of ether oxygens (including phenoxy) is 2. The molecule has 1 N–H and O–H groups in total. The van der Waals surface area contributed by atoms with E-state index in [1.807, 2.05) is 6.92 Å². The summed E-state index contributed by atoms with van der Waals surface area (Å²) in [6.07, 6.45) is 1.44. The van der Waals surface area contributed by atoms with Gasteiger partial charge in [-0.25, -0.2) is 5.43 Å². The van der Waals surface area contributed by atoms with Crippen LogP contribution in [-0.2, 0) is 17.9 Å². The van der Waals surface area contributed by atoms with E-state index < -0.39 is 10.8 Å². The van der Waals surface area contributed by atoms with Crippen molar-refractivity contribution < 1.29 is 19.2 Å². The molecule has 3 rings (SSSR count). The molecule has 0 aliphatic heterocycles. The third-order valence-corrected chi connectivity index (χ3v) is 6.12. The van der Waals surface area contributed by atoms with Gasteiger partial charge in [0.05, 0.1) is 22.2 Å². The fourth-order valence-electron chi connectivity index (χ4n) is 3.31. The zero-order chi connectivity index (χ0) is 26.4. The number of carbonyl (C=O) groups excluding carboxylic acids is 1. The molecule has 0 saturated carbocycles. The quantitative estimate of drug-likeness (QED) is 0.184. The summed E-state index contributed by atoms with van der Waals surface area (Å²) in [7, 11) is 0. The topological polar surface area (TPSA) is 121 Å². The monoisotopic (exact) mass is 597 g/mol. The van der Waals surface area contributed by atoms with Crippen molar-refractivity contribution in [2.24, 2.45) is 5.10 Å². The summed E-state index contributed by atoms with van der Waals surface area (Å²) in [6, 6.07) is 8.63. The molecule has 10 nitrogen and oxygen atoms in total. The van der Waals surface area contributed by atoms with Gasteiger partial charge in [-0.2, -0.15) is 10.2 Å². The van der Waals surface area contributed by atoms with E-state index in [1.54, 1.807) is 30.3 Å². The predicted molar refractivity (Wildman–Crippen MR) is 140 cm³/mol. The first-order valence-electron chi connectivity index (χ1n) is 10.6. The van der Waals surface area contributed by atoms with Gasteiger partial charge in [0.2, 0.25) is 0 Å². The highest BCUT2D eigenvalue weighted by Gasteiger charge is 2.22. The van der Waals surface area contributed by atoms with E-state index in [-0.39, 0.29) is 30.2 Å². The second-order valence-electron chi connectivity index (χ2n) is 7.51. The summed E-state index contributed by atoms with van der Waals surface area (Å²) in [5.41, 5.74) is 4.20. The molecule has 0 bridgehead atoms. The SMILES string of the molecule is CCOc1cc(/C=N/NC(=O)Cn2nc(C)c([N+](=O)[O-])c2C)cc(Br)c1OCc1ccc(Cl)cc1Cl. The van der Waals surface area contributed by atoms with Crippen molar-refractivity contribution in [3.63, 3.8) is 0 Å². The average molecular weight is 599 g/mol. The van der Waals surface area contributed by atoms with E-state index in [0.29, 0.717) is 38.2 Å². The average Bonchev–Trinajstić information content (AvgIpc) is 3.07. The number of carbonyl (C=O) groups is 1. The first-order valence-corrected chi connectivity index (χ1v) is 12.2. The number of rotatable bonds is 10. The van der Waals surface area contributed by atoms with E-state index in [1.165, 1.54) is 24.7 Å². The van der Waals surface area contributed by atoms with E-state index in [2.05, 4.69) is 31.6 Å². The van der Waals surface area contributed by atoms with Crippen LogP contribution in [0, 0.1) is 24.0 Å². The molecule has 2 aromatic carbocycles. The minimum atomic E-state index is -0.518. The number of hydrogen-bond donors (Lipinski definition) is 1. The van der Waals surface area contributed by atoms with E-state index in [0.717, 1.165) is 5.56 Å². The number of nitro groups is 1. The summed E-state index contributed by atoms with van der Waals surface area (Å²) in [5, 5.41) is 20.2. The van der Waals surface area contributed by atoms with Gasteiger partial charge in [-0.15, -0.1) is 0 Å². The van der Waals surface area contributed by atoms with Gasteiger partial charge < -0.3 is 9.47 Å². The van der Waals surface area contributed by atoms with E-state index in [9.17, 15) is 14.9 Å². The maximum atomic E-state index is 12.3. The largest absolute Gasteiger partial charge is 0.490 e. The molecule has 0 unspecified atom stereocenters. The highest BCUT2D eigenvalue weighted by Crippen LogP contribution is 2.37. The molecular weight excluding hydrogens is 577 g/mol. The van der Waals surface area contributed by atoms with Gasteiger partial charge in [-0.3, -0.25) is 19.6 Å². The van der Waals surface area contributed by atoms with Crippen molar-refractivity contribution in [1.82, 2.24) is 15.2 Å². The maximum Gasteiger partial charge on any atom is 0.312 e. The number of hydrogen-bond acceptors (Lipinski definition) is 7. The Bertz CT molecular complexity index is 1330. The lowest BCUT2D eigenvalue weighted by Gasteiger charge is -2.15. The molecule has 0 spiro atoms. The van der Waals surface area contributed by atoms with Crippen molar-refractivity contribution in [3.8, 4) is 11.5 Å². The van der Waals surface area contributed by atoms with Gasteiger partial charge in [-0.05, 0) is 66.5 Å². The number of aromatic nitrogens is 2. The van der Waals surface area contributed by atoms with Gasteiger partial charge in [0.25, 0.3) is 5.91 Å². The lowest BCUT2D eigenvalue weighted by atomic mass is 10.2. The fourth-order valence-corrected chi connectivity index (χ4v) is 4.35. The van der Waals surface area contributed by atoms with Gasteiger partial charge in [0.1, 0.15) is 24.5 Å². The maximum absolute atomic E-state index is 12.3. The molecular formula is C23H22BrCl2N5O5. The minimum Gasteiger partial charge on any atom is -0.490 e. The molecule has 0 saturated heterocycles. The highest BCUT2D eigenvalue weighted by atomic mass is 79.9. The Balaban J connectivity index is 1.69. The molecule has 36 heavy (non-hydrogen) atoms. The minimum absolute atomic E-state index is 0.111. The summed E-state index contributed by atoms with van der Waals surface area (Å²) in [5.74, 6) is 0.463. The Morgan fingerprint density at radius 1 is 1.28 bits per heavy atom. The normalized spacial score (nSPS) is 11.1. The molecule has 0 atom stereocenters. The molecule has 13 heteroatoms. The molecule has 0 radical (unpaired) electrons. The van der Waals surface area contributed by atoms with Crippen LogP contribution in [0.15, 0.2) is 39.9 Å². The molecule has 0 fully saturated rings. The van der Waals surface area contributed by atoms with Crippen LogP contribution in [0.5, 0.6) is 11.5 Å². The van der Waals surface area contributed by atoms with Gasteiger partial charge in [0.15, 0.2) is 11.5 Å². The molecule has 0 aliphatic carbocycles. The van der Waals surface area contributed by atoms with E-state index >= 15 is 0 Å². The molecule has 190 valence electrons. The van der Waals surface area contributed by atoms with E-state index in [4.69, 9.17) is 32.7 Å². The van der Waals surface area contributed by atoms with Crippen LogP contribution in [-0.4, -0.2) is 33.4 Å². The number of benzene rings is 2. The highest BCUT2D eigenvalue weighted by molar-refractivity contribution is 9.10. The van der Waals surface area contributed by atoms with Crippen molar-refractivity contribution in [3.05, 3.63) is 77.5 Å². The van der Waals surface area contributed by atoms with Crippen molar-refractivity contribution in [1.29, 1.82) is 0 Å². The third-order valence-electron chi connectivity index (χ3n) is 4.94. The van der Waals surface area contributed by atoms with Gasteiger partial charge >= 0.3 is 5.69 Å². The number of amides is 1. The second kappa shape index (κ2) is 12.2. The first-order chi connectivity index (χ1) is 17.1. The molecule has 1 amide bonds. The number of aryl methyl sites for hydroxylation is 1. The van der Waals surface area contributed by atoms with Crippen LogP contribution in [0.25, 0.3) is 0 Å². The van der Waals surface area contributed by atoms with Crippen molar-refractivity contribution >= 4 is 56.9 Å². The van der Waals surface area contributed by atoms with Gasteiger partial charge in [0, 0.05) is 15.6 Å². The third kappa shape index (κ3) is 6.74. The van der Waals surface area contributed by atoms with Crippen molar-refractivity contribution in [2.45, 2.75) is 33.9 Å². The Morgan fingerprint density at radius 3 is 2.67 bits per heavy atom. The predicted octanol–water partition coefficient (Wildman–Crippen LogP) is 5.61. The molecule has 1 heterocycles. The van der Waals surface area contributed by atoms with Crippen LogP contribution >= 0.6 is 39.1 Å². The summed E-state index contributed by atoms with van der Waals surface area (Å²) in [6.45, 7) is 5.28. The number of nitrogens with zero attached hydrogens (tertiary/aromatic N) is 4. The number of halogens is 3. The second-order valence-corrected chi connectivity index (χ2v) is 9.21. The zero-order valence-corrected chi connectivity index (χ0v) is 22.6. The Labute approximate surface area is 225 Å². The van der Waals surface area contributed by atoms with Crippen LogP contribution < -0.4 is 14.9 Å². The lowest BCUT2D eigenvalue weighted by Crippen LogP contribution is -2.24. The van der Waals surface area contributed by atoms with Crippen LogP contribution in [0.3, 0.4) is 0 Å². The van der Waals surface area contributed by atoms with Crippen LogP contribution in [0.4, 0.5) is 5.69 Å². The Kier molecular flexibility index (Phi) is 9.30. The summed E-state index contributed by atoms with van der Waals surface area (Å²) >= 11 is 15.7. The van der Waals surface area contributed by atoms with Gasteiger partial charge in [-0.1, -0.05) is 29.3 Å². The fraction of sp³-hybridized carbons (Fsp3) is 0.261. The first kappa shape index (κ1) is 27.4. The van der Waals surface area contributed by atoms with Crippen LogP contribution in [0.1, 0.15) is 29.4 Å². The Morgan fingerprint density at radius 2 is 2.03 bits per heavy atom. The zero-order valence-electron chi connectivity index (χ0n) is 19.5. The summed E-state index contributed by atoms with van der Waals surface area (Å²) in [4.78, 5) is 22.9. The van der Waals surface area contributed by atoms with Crippen LogP contribution in [0.2, 0.25) is 10.0 Å². The number of hydrazone groups is 1.